The van der Waals surface area contributed by atoms with E-state index in [0.717, 1.165) is 0 Å². The maximum atomic E-state index is 14.0. The Balaban J connectivity index is 2.25. The van der Waals surface area contributed by atoms with Gasteiger partial charge in [-0.3, -0.25) is 4.57 Å². The number of hydrogen-bond donors (Lipinski definition) is 0. The van der Waals surface area contributed by atoms with Crippen molar-refractivity contribution in [1.29, 1.82) is 0 Å². The molecule has 0 unspecified atom stereocenters. The smallest absolute Gasteiger partial charge is 0.155 e. The highest BCUT2D eigenvalue weighted by molar-refractivity contribution is 6.32. The molecule has 0 N–H and O–H groups in total. The lowest BCUT2D eigenvalue weighted by Crippen LogP contribution is -2.00. The van der Waals surface area contributed by atoms with Gasteiger partial charge in [0, 0.05) is 22.8 Å². The van der Waals surface area contributed by atoms with Gasteiger partial charge in [-0.25, -0.2) is 18.2 Å². The van der Waals surface area contributed by atoms with Crippen molar-refractivity contribution < 1.29 is 13.2 Å². The molecule has 0 spiro atoms. The number of halogens is 5. The molecule has 0 bridgehead atoms. The summed E-state index contributed by atoms with van der Waals surface area (Å²) in [5.74, 6) is -3.13. The largest absolute Gasteiger partial charge is 0.297 e. The number of benzene rings is 2. The van der Waals surface area contributed by atoms with E-state index < -0.39 is 23.0 Å². The van der Waals surface area contributed by atoms with Crippen LogP contribution in [0.5, 0.6) is 0 Å². The van der Waals surface area contributed by atoms with Crippen LogP contribution in [0.15, 0.2) is 42.7 Å². The van der Waals surface area contributed by atoms with E-state index in [2.05, 4.69) is 4.98 Å². The highest BCUT2D eigenvalue weighted by Gasteiger charge is 2.21. The van der Waals surface area contributed by atoms with Crippen molar-refractivity contribution in [2.45, 2.75) is 0 Å². The summed E-state index contributed by atoms with van der Waals surface area (Å²) in [6.07, 6.45) is 1.32. The number of hydrogen-bond acceptors (Lipinski definition) is 1. The molecule has 0 aliphatic carbocycles. The lowest BCUT2D eigenvalue weighted by molar-refractivity contribution is 0.547. The zero-order valence-corrected chi connectivity index (χ0v) is 12.3. The normalized spacial score (nSPS) is 11.0. The van der Waals surface area contributed by atoms with Gasteiger partial charge in [-0.15, -0.1) is 0 Å². The van der Waals surface area contributed by atoms with Gasteiger partial charge in [0.2, 0.25) is 0 Å². The quantitative estimate of drug-likeness (QED) is 0.620. The molecule has 0 radical (unpaired) electrons. The van der Waals surface area contributed by atoms with Crippen molar-refractivity contribution in [2.24, 2.45) is 0 Å². The Morgan fingerprint density at radius 2 is 1.50 bits per heavy atom. The molecule has 112 valence electrons. The van der Waals surface area contributed by atoms with Gasteiger partial charge in [0.05, 0.1) is 11.3 Å². The molecule has 0 aliphatic heterocycles. The summed E-state index contributed by atoms with van der Waals surface area (Å²) < 4.78 is 42.5. The summed E-state index contributed by atoms with van der Waals surface area (Å²) in [7, 11) is 0. The van der Waals surface area contributed by atoms with Gasteiger partial charge in [0.15, 0.2) is 5.15 Å². The summed E-state index contributed by atoms with van der Waals surface area (Å²) >= 11 is 11.8. The van der Waals surface area contributed by atoms with Crippen LogP contribution >= 0.6 is 23.2 Å². The number of imidazole rings is 1. The second-order valence-corrected chi connectivity index (χ2v) is 5.27. The van der Waals surface area contributed by atoms with Crippen molar-refractivity contribution in [3.63, 3.8) is 0 Å². The van der Waals surface area contributed by atoms with Gasteiger partial charge < -0.3 is 0 Å². The van der Waals surface area contributed by atoms with E-state index in [4.69, 9.17) is 23.2 Å². The lowest BCUT2D eigenvalue weighted by atomic mass is 10.1. The molecule has 1 aromatic heterocycles. The molecular weight excluding hydrogens is 336 g/mol. The van der Waals surface area contributed by atoms with Crippen LogP contribution in [-0.2, 0) is 0 Å². The molecule has 7 heteroatoms. The minimum Gasteiger partial charge on any atom is -0.297 e. The van der Waals surface area contributed by atoms with Crippen LogP contribution < -0.4 is 0 Å². The zero-order chi connectivity index (χ0) is 15.9. The molecule has 2 aromatic carbocycles. The van der Waals surface area contributed by atoms with Gasteiger partial charge in [0.25, 0.3) is 0 Å². The summed E-state index contributed by atoms with van der Waals surface area (Å²) in [6, 6.07) is 7.70. The molecule has 0 fully saturated rings. The molecular formula is C15H7Cl2F3N2. The molecule has 0 saturated heterocycles. The Kier molecular flexibility index (Phi) is 3.85. The second kappa shape index (κ2) is 5.66. The first-order valence-corrected chi connectivity index (χ1v) is 6.86. The topological polar surface area (TPSA) is 17.8 Å². The van der Waals surface area contributed by atoms with Crippen molar-refractivity contribution in [1.82, 2.24) is 9.55 Å². The zero-order valence-electron chi connectivity index (χ0n) is 10.8. The van der Waals surface area contributed by atoms with Gasteiger partial charge >= 0.3 is 0 Å². The Morgan fingerprint density at radius 3 is 2.09 bits per heavy atom. The van der Waals surface area contributed by atoms with Crippen molar-refractivity contribution in [2.75, 3.05) is 0 Å². The minimum atomic E-state index is -1.06. The van der Waals surface area contributed by atoms with Crippen LogP contribution in [0.2, 0.25) is 10.2 Å². The van der Waals surface area contributed by atoms with Crippen LogP contribution in [0.4, 0.5) is 13.2 Å². The monoisotopic (exact) mass is 342 g/mol. The average Bonchev–Trinajstić information content (AvgIpc) is 2.81. The first kappa shape index (κ1) is 14.9. The molecule has 0 amide bonds. The summed E-state index contributed by atoms with van der Waals surface area (Å²) in [6.45, 7) is 0. The highest BCUT2D eigenvalue weighted by atomic mass is 35.5. The molecule has 22 heavy (non-hydrogen) atoms. The van der Waals surface area contributed by atoms with Crippen LogP contribution in [0.3, 0.4) is 0 Å². The van der Waals surface area contributed by atoms with Crippen molar-refractivity contribution in [3.05, 3.63) is 70.4 Å². The SMILES string of the molecule is Fc1cc(F)c(-c2c(Cl)ncn2-c2ccc(Cl)cc2)c(F)c1. The van der Waals surface area contributed by atoms with E-state index >= 15 is 0 Å². The predicted octanol–water partition coefficient (Wildman–Crippen LogP) is 5.26. The maximum Gasteiger partial charge on any atom is 0.155 e. The third-order valence-electron chi connectivity index (χ3n) is 3.07. The molecule has 0 saturated carbocycles. The Morgan fingerprint density at radius 1 is 0.909 bits per heavy atom. The average molecular weight is 343 g/mol. The van der Waals surface area contributed by atoms with E-state index in [0.29, 0.717) is 22.8 Å². The lowest BCUT2D eigenvalue weighted by Gasteiger charge is -2.11. The molecule has 3 aromatic rings. The summed E-state index contributed by atoms with van der Waals surface area (Å²) in [4.78, 5) is 3.86. The fourth-order valence-electron chi connectivity index (χ4n) is 2.12. The predicted molar refractivity (Wildman–Crippen MR) is 78.9 cm³/mol. The van der Waals surface area contributed by atoms with Crippen molar-refractivity contribution in [3.8, 4) is 16.9 Å². The number of nitrogens with zero attached hydrogens (tertiary/aromatic N) is 2. The summed E-state index contributed by atoms with van der Waals surface area (Å²) in [5.41, 5.74) is 0.111. The highest BCUT2D eigenvalue weighted by Crippen LogP contribution is 2.34. The number of rotatable bonds is 2. The van der Waals surface area contributed by atoms with Crippen molar-refractivity contribution >= 4 is 23.2 Å². The van der Waals surface area contributed by atoms with E-state index in [1.807, 2.05) is 0 Å². The third-order valence-corrected chi connectivity index (χ3v) is 3.60. The molecule has 0 aliphatic rings. The standard InChI is InChI=1S/C15H7Cl2F3N2/c16-8-1-3-10(4-2-8)22-7-21-15(17)14(22)13-11(19)5-9(18)6-12(13)20/h1-7H. The van der Waals surface area contributed by atoms with Gasteiger partial charge in [-0.1, -0.05) is 23.2 Å². The Hall–Kier alpha value is -1.98. The van der Waals surface area contributed by atoms with E-state index in [1.165, 1.54) is 10.9 Å². The molecule has 0 atom stereocenters. The van der Waals surface area contributed by atoms with Gasteiger partial charge in [-0.2, -0.15) is 0 Å². The Labute approximate surface area is 133 Å². The third kappa shape index (κ3) is 2.58. The maximum absolute atomic E-state index is 14.0. The van der Waals surface area contributed by atoms with Crippen LogP contribution in [0, 0.1) is 17.5 Å². The second-order valence-electron chi connectivity index (χ2n) is 4.47. The fraction of sp³-hybridized carbons (Fsp3) is 0. The van der Waals surface area contributed by atoms with E-state index in [1.54, 1.807) is 24.3 Å². The van der Waals surface area contributed by atoms with Crippen LogP contribution in [0.25, 0.3) is 16.9 Å². The van der Waals surface area contributed by atoms with Gasteiger partial charge in [0.1, 0.15) is 23.8 Å². The Bertz CT molecular complexity index is 821. The summed E-state index contributed by atoms with van der Waals surface area (Å²) in [5, 5.41) is 0.412. The van der Waals surface area contributed by atoms with Crippen LogP contribution in [0.1, 0.15) is 0 Å². The number of aromatic nitrogens is 2. The first-order valence-electron chi connectivity index (χ1n) is 6.11. The van der Waals surface area contributed by atoms with E-state index in [9.17, 15) is 13.2 Å². The van der Waals surface area contributed by atoms with E-state index in [-0.39, 0.29) is 10.8 Å². The molecule has 1 heterocycles. The minimum absolute atomic E-state index is 0.000936. The fourth-order valence-corrected chi connectivity index (χ4v) is 2.47. The van der Waals surface area contributed by atoms with Crippen LogP contribution in [-0.4, -0.2) is 9.55 Å². The molecule has 3 rings (SSSR count). The first-order chi connectivity index (χ1) is 10.5. The molecule has 2 nitrogen and oxygen atoms in total. The van der Waals surface area contributed by atoms with Gasteiger partial charge in [-0.05, 0) is 24.3 Å².